The molecule has 6 rings (SSSR count). The van der Waals surface area contributed by atoms with Crippen molar-refractivity contribution in [2.24, 2.45) is 11.7 Å². The van der Waals surface area contributed by atoms with E-state index in [9.17, 15) is 19.2 Å². The number of primary amides is 1. The normalized spacial score (nSPS) is 15.2. The molecule has 1 aliphatic heterocycles. The Morgan fingerprint density at radius 3 is 1.65 bits per heavy atom. The lowest BCUT2D eigenvalue weighted by molar-refractivity contribution is -0.664. The van der Waals surface area contributed by atoms with Gasteiger partial charge in [-0.1, -0.05) is 115 Å². The number of nitrogens with one attached hydrogen (secondary N) is 3. The SMILES string of the molecule is NC(=O)[C@@H](NC(=O)[C@@H](Cc1ccc2ccccc2c1)NC(=O)[C@@H](Cc1ccc2ccccc2c1)NC(=O)C1CC[NH2+]CC1)c1ccccc1. The minimum absolute atomic E-state index is 0.151. The van der Waals surface area contributed by atoms with Gasteiger partial charge >= 0.3 is 0 Å². The molecule has 0 aromatic heterocycles. The van der Waals surface area contributed by atoms with Gasteiger partial charge in [-0.3, -0.25) is 19.2 Å². The summed E-state index contributed by atoms with van der Waals surface area (Å²) in [4.78, 5) is 54.3. The molecule has 9 heteroatoms. The van der Waals surface area contributed by atoms with Crippen LogP contribution < -0.4 is 27.0 Å². The zero-order valence-electron chi connectivity index (χ0n) is 27.3. The molecule has 1 heterocycles. The molecule has 0 spiro atoms. The van der Waals surface area contributed by atoms with E-state index in [4.69, 9.17) is 5.73 Å². The van der Waals surface area contributed by atoms with Crippen LogP contribution in [-0.4, -0.2) is 48.8 Å². The van der Waals surface area contributed by atoms with Gasteiger partial charge in [0.1, 0.15) is 18.1 Å². The van der Waals surface area contributed by atoms with E-state index in [0.717, 1.165) is 58.6 Å². The summed E-state index contributed by atoms with van der Waals surface area (Å²) in [5.41, 5.74) is 7.98. The summed E-state index contributed by atoms with van der Waals surface area (Å²) in [6.07, 6.45) is 1.85. The smallest absolute Gasteiger partial charge is 0.244 e. The third-order valence-corrected chi connectivity index (χ3v) is 9.29. The molecule has 0 unspecified atom stereocenters. The van der Waals surface area contributed by atoms with Crippen molar-refractivity contribution in [2.45, 2.75) is 43.8 Å². The van der Waals surface area contributed by atoms with E-state index in [0.29, 0.717) is 5.56 Å². The Labute approximate surface area is 285 Å². The van der Waals surface area contributed by atoms with Crippen LogP contribution in [0.1, 0.15) is 35.6 Å². The summed E-state index contributed by atoms with van der Waals surface area (Å²) < 4.78 is 0. The van der Waals surface area contributed by atoms with E-state index in [1.807, 2.05) is 91.0 Å². The van der Waals surface area contributed by atoms with E-state index < -0.39 is 35.8 Å². The Hall–Kier alpha value is -5.54. The van der Waals surface area contributed by atoms with Gasteiger partial charge < -0.3 is 27.0 Å². The first kappa shape index (κ1) is 33.4. The maximum atomic E-state index is 14.2. The van der Waals surface area contributed by atoms with Crippen LogP contribution in [0.2, 0.25) is 0 Å². The molecule has 0 saturated carbocycles. The maximum Gasteiger partial charge on any atom is 0.244 e. The van der Waals surface area contributed by atoms with Crippen molar-refractivity contribution in [3.05, 3.63) is 132 Å². The largest absolute Gasteiger partial charge is 0.368 e. The summed E-state index contributed by atoms with van der Waals surface area (Å²) in [7, 11) is 0. The van der Waals surface area contributed by atoms with Crippen LogP contribution in [0, 0.1) is 5.92 Å². The van der Waals surface area contributed by atoms with Gasteiger partial charge in [0.05, 0.1) is 13.1 Å². The number of hydrogen-bond acceptors (Lipinski definition) is 4. The van der Waals surface area contributed by atoms with E-state index in [-0.39, 0.29) is 24.7 Å². The first-order valence-corrected chi connectivity index (χ1v) is 16.9. The van der Waals surface area contributed by atoms with Crippen molar-refractivity contribution in [2.75, 3.05) is 13.1 Å². The van der Waals surface area contributed by atoms with Crippen LogP contribution in [0.4, 0.5) is 0 Å². The fraction of sp³-hybridized carbons (Fsp3) is 0.250. The molecule has 0 aliphatic carbocycles. The summed E-state index contributed by atoms with van der Waals surface area (Å²) >= 11 is 0. The summed E-state index contributed by atoms with van der Waals surface area (Å²) in [5.74, 6) is -2.12. The molecule has 0 radical (unpaired) electrons. The van der Waals surface area contributed by atoms with Crippen LogP contribution in [0.25, 0.3) is 21.5 Å². The quantitative estimate of drug-likeness (QED) is 0.141. The molecule has 1 fully saturated rings. The monoisotopic (exact) mass is 656 g/mol. The number of quaternary nitrogens is 1. The Kier molecular flexibility index (Phi) is 10.6. The van der Waals surface area contributed by atoms with Crippen molar-refractivity contribution in [3.63, 3.8) is 0 Å². The van der Waals surface area contributed by atoms with Crippen LogP contribution in [0.3, 0.4) is 0 Å². The van der Waals surface area contributed by atoms with E-state index >= 15 is 0 Å². The zero-order chi connectivity index (χ0) is 34.2. The third kappa shape index (κ3) is 8.49. The van der Waals surface area contributed by atoms with Crippen molar-refractivity contribution in [1.29, 1.82) is 0 Å². The molecular weight excluding hydrogens is 614 g/mol. The Morgan fingerprint density at radius 2 is 1.10 bits per heavy atom. The summed E-state index contributed by atoms with van der Waals surface area (Å²) in [6, 6.07) is 33.4. The fourth-order valence-corrected chi connectivity index (χ4v) is 6.58. The van der Waals surface area contributed by atoms with Crippen molar-refractivity contribution in [1.82, 2.24) is 16.0 Å². The number of fused-ring (bicyclic) bond motifs is 2. The summed E-state index contributed by atoms with van der Waals surface area (Å²) in [6.45, 7) is 1.71. The number of benzene rings is 5. The zero-order valence-corrected chi connectivity index (χ0v) is 27.3. The second-order valence-corrected chi connectivity index (χ2v) is 12.8. The lowest BCUT2D eigenvalue weighted by Crippen LogP contribution is -2.86. The number of carbonyl (C=O) groups is 4. The predicted molar refractivity (Wildman–Crippen MR) is 190 cm³/mol. The number of rotatable bonds is 12. The standard InChI is InChI=1S/C40H41N5O4/c41-37(46)36(30-10-2-1-3-11-30)45-40(49)35(25-27-15-17-29-9-5-7-13-33(29)23-27)44-39(48)34(43-38(47)31-18-20-42-21-19-31)24-26-14-16-28-8-4-6-12-32(28)22-26/h1-17,22-23,31,34-36,42H,18-21,24-25H2,(H2,41,46)(H,43,47)(H,44,48)(H,45,49)/p+1/t34-,35-,36+/m1/s1. The minimum Gasteiger partial charge on any atom is -0.368 e. The Bertz CT molecular complexity index is 1960. The molecule has 250 valence electrons. The molecule has 1 saturated heterocycles. The van der Waals surface area contributed by atoms with Crippen LogP contribution >= 0.6 is 0 Å². The van der Waals surface area contributed by atoms with Gasteiger partial charge in [0.2, 0.25) is 23.6 Å². The van der Waals surface area contributed by atoms with Crippen molar-refractivity contribution >= 4 is 45.2 Å². The average molecular weight is 657 g/mol. The topological polar surface area (TPSA) is 147 Å². The third-order valence-electron chi connectivity index (χ3n) is 9.29. The number of piperidine rings is 1. The molecule has 7 N–H and O–H groups in total. The van der Waals surface area contributed by atoms with E-state index in [2.05, 4.69) is 21.3 Å². The van der Waals surface area contributed by atoms with Crippen LogP contribution in [-0.2, 0) is 32.0 Å². The Morgan fingerprint density at radius 1 is 0.612 bits per heavy atom. The highest BCUT2D eigenvalue weighted by molar-refractivity contribution is 5.95. The number of nitrogens with two attached hydrogens (primary N) is 2. The molecule has 1 aliphatic rings. The summed E-state index contributed by atoms with van der Waals surface area (Å²) in [5, 5.41) is 15.1. The first-order chi connectivity index (χ1) is 23.8. The highest BCUT2D eigenvalue weighted by Crippen LogP contribution is 2.20. The van der Waals surface area contributed by atoms with Crippen LogP contribution in [0.15, 0.2) is 115 Å². The van der Waals surface area contributed by atoms with Crippen LogP contribution in [0.5, 0.6) is 0 Å². The molecule has 3 atom stereocenters. The van der Waals surface area contributed by atoms with Gasteiger partial charge in [0, 0.05) is 31.6 Å². The van der Waals surface area contributed by atoms with E-state index in [1.54, 1.807) is 24.3 Å². The molecular formula is C40H42N5O4+. The number of carbonyl (C=O) groups excluding carboxylic acids is 4. The van der Waals surface area contributed by atoms with Gasteiger partial charge in [-0.15, -0.1) is 0 Å². The predicted octanol–water partition coefficient (Wildman–Crippen LogP) is 3.06. The fourth-order valence-electron chi connectivity index (χ4n) is 6.58. The molecule has 9 nitrogen and oxygen atoms in total. The second-order valence-electron chi connectivity index (χ2n) is 12.8. The van der Waals surface area contributed by atoms with Gasteiger partial charge in [-0.05, 0) is 38.2 Å². The van der Waals surface area contributed by atoms with E-state index in [1.165, 1.54) is 0 Å². The molecule has 0 bridgehead atoms. The minimum atomic E-state index is -1.10. The molecule has 5 aromatic carbocycles. The number of amides is 4. The van der Waals surface area contributed by atoms with Gasteiger partial charge in [-0.25, -0.2) is 0 Å². The van der Waals surface area contributed by atoms with Crippen molar-refractivity contribution in [3.8, 4) is 0 Å². The Balaban J connectivity index is 1.29. The number of hydrogen-bond donors (Lipinski definition) is 5. The molecule has 5 aromatic rings. The molecule has 49 heavy (non-hydrogen) atoms. The van der Waals surface area contributed by atoms with Gasteiger partial charge in [0.25, 0.3) is 0 Å². The lowest BCUT2D eigenvalue weighted by atomic mass is 9.95. The first-order valence-electron chi connectivity index (χ1n) is 16.9. The van der Waals surface area contributed by atoms with Crippen molar-refractivity contribution < 1.29 is 24.5 Å². The second kappa shape index (κ2) is 15.6. The lowest BCUT2D eigenvalue weighted by Gasteiger charge is -2.27. The highest BCUT2D eigenvalue weighted by Gasteiger charge is 2.32. The van der Waals surface area contributed by atoms with Gasteiger partial charge in [-0.2, -0.15) is 0 Å². The molecule has 4 amide bonds. The highest BCUT2D eigenvalue weighted by atomic mass is 16.2. The average Bonchev–Trinajstić information content (AvgIpc) is 3.13. The maximum absolute atomic E-state index is 14.2. The van der Waals surface area contributed by atoms with Gasteiger partial charge in [0.15, 0.2) is 0 Å².